The monoisotopic (exact) mass is 325 g/mol. The third-order valence-electron chi connectivity index (χ3n) is 3.56. The number of benzene rings is 2. The topological polar surface area (TPSA) is 65.5 Å². The minimum atomic E-state index is 0.131. The molecular weight excluding hydrogens is 310 g/mol. The van der Waals surface area contributed by atoms with Crippen LogP contribution in [0.25, 0.3) is 10.9 Å². The first-order valence-electron chi connectivity index (χ1n) is 7.17. The van der Waals surface area contributed by atoms with Crippen LogP contribution in [0.4, 0.5) is 0 Å². The summed E-state index contributed by atoms with van der Waals surface area (Å²) in [6, 6.07) is 15.7. The summed E-state index contributed by atoms with van der Waals surface area (Å²) in [6.07, 6.45) is 2.04. The lowest BCUT2D eigenvalue weighted by atomic mass is 10.1. The highest BCUT2D eigenvalue weighted by atomic mass is 35.5. The van der Waals surface area contributed by atoms with Crippen molar-refractivity contribution in [1.82, 2.24) is 9.99 Å². The molecule has 23 heavy (non-hydrogen) atoms. The maximum absolute atomic E-state index is 7.89. The molecule has 5 nitrogen and oxygen atoms in total. The molecule has 3 aromatic rings. The second-order valence-electron chi connectivity index (χ2n) is 5.12. The highest BCUT2D eigenvalue weighted by molar-refractivity contribution is 6.30. The zero-order valence-corrected chi connectivity index (χ0v) is 13.4. The van der Waals surface area contributed by atoms with E-state index in [0.717, 1.165) is 28.0 Å². The average Bonchev–Trinajstić information content (AvgIpc) is 2.97. The Morgan fingerprint density at radius 1 is 1.17 bits per heavy atom. The molecular formula is C17H16ClN5. The molecule has 0 saturated carbocycles. The van der Waals surface area contributed by atoms with Gasteiger partial charge in [-0.2, -0.15) is 0 Å². The average molecular weight is 326 g/mol. The normalized spacial score (nSPS) is 11.2. The Bertz CT molecular complexity index is 864. The molecule has 0 unspecified atom stereocenters. The Labute approximate surface area is 139 Å². The third kappa shape index (κ3) is 3.40. The van der Waals surface area contributed by atoms with Crippen molar-refractivity contribution in [3.05, 3.63) is 70.9 Å². The molecule has 2 N–H and O–H groups in total. The lowest BCUT2D eigenvalue weighted by Gasteiger charge is -2.06. The molecule has 0 aliphatic carbocycles. The number of aromatic nitrogens is 1. The molecule has 0 bridgehead atoms. The van der Waals surface area contributed by atoms with E-state index in [9.17, 15) is 0 Å². The number of hydrogen-bond acceptors (Lipinski definition) is 2. The SMILES string of the molecule is CN/N=N\C(=N)c1ccc2c(ccn2Cc2ccc(Cl)cc2)c1. The summed E-state index contributed by atoms with van der Waals surface area (Å²) in [6.45, 7) is 0.775. The number of halogens is 1. The van der Waals surface area contributed by atoms with Gasteiger partial charge < -0.3 is 4.57 Å². The second kappa shape index (κ2) is 6.62. The van der Waals surface area contributed by atoms with Crippen LogP contribution in [0.5, 0.6) is 0 Å². The van der Waals surface area contributed by atoms with Gasteiger partial charge in [0.15, 0.2) is 5.84 Å². The number of hydrogen-bond donors (Lipinski definition) is 2. The molecule has 0 aliphatic rings. The summed E-state index contributed by atoms with van der Waals surface area (Å²) in [7, 11) is 1.65. The number of nitrogens with zero attached hydrogens (tertiary/aromatic N) is 3. The van der Waals surface area contributed by atoms with Gasteiger partial charge in [0.25, 0.3) is 0 Å². The van der Waals surface area contributed by atoms with Gasteiger partial charge in [0.05, 0.1) is 0 Å². The van der Waals surface area contributed by atoms with Crippen LogP contribution in [0.15, 0.2) is 65.1 Å². The van der Waals surface area contributed by atoms with E-state index in [4.69, 9.17) is 17.0 Å². The molecule has 116 valence electrons. The molecule has 6 heteroatoms. The maximum Gasteiger partial charge on any atom is 0.176 e. The molecule has 2 aromatic carbocycles. The Hall–Kier alpha value is -2.66. The molecule has 0 amide bonds. The van der Waals surface area contributed by atoms with Crippen molar-refractivity contribution in [3.8, 4) is 0 Å². The molecule has 1 heterocycles. The fourth-order valence-corrected chi connectivity index (χ4v) is 2.56. The largest absolute Gasteiger partial charge is 0.343 e. The van der Waals surface area contributed by atoms with E-state index < -0.39 is 0 Å². The van der Waals surface area contributed by atoms with Gasteiger partial charge in [0.1, 0.15) is 0 Å². The summed E-state index contributed by atoms with van der Waals surface area (Å²) >= 11 is 5.92. The van der Waals surface area contributed by atoms with Gasteiger partial charge in [-0.25, -0.2) is 0 Å². The molecule has 0 saturated heterocycles. The van der Waals surface area contributed by atoms with Crippen molar-refractivity contribution in [2.45, 2.75) is 6.54 Å². The van der Waals surface area contributed by atoms with Crippen LogP contribution in [0.3, 0.4) is 0 Å². The number of rotatable bonds is 4. The van der Waals surface area contributed by atoms with Crippen molar-refractivity contribution >= 4 is 28.3 Å². The van der Waals surface area contributed by atoms with Crippen molar-refractivity contribution in [3.63, 3.8) is 0 Å². The summed E-state index contributed by atoms with van der Waals surface area (Å²) in [5, 5.41) is 17.1. The van der Waals surface area contributed by atoms with Crippen molar-refractivity contribution in [1.29, 1.82) is 5.41 Å². The molecule has 0 radical (unpaired) electrons. The van der Waals surface area contributed by atoms with Crippen molar-refractivity contribution in [2.75, 3.05) is 7.05 Å². The molecule has 0 fully saturated rings. The van der Waals surface area contributed by atoms with Crippen LogP contribution >= 0.6 is 11.6 Å². The Morgan fingerprint density at radius 2 is 1.96 bits per heavy atom. The van der Waals surface area contributed by atoms with E-state index in [2.05, 4.69) is 20.3 Å². The smallest absolute Gasteiger partial charge is 0.176 e. The molecule has 0 aliphatic heterocycles. The Balaban J connectivity index is 1.88. The number of amidine groups is 1. The predicted octanol–water partition coefficient (Wildman–Crippen LogP) is 4.25. The highest BCUT2D eigenvalue weighted by Gasteiger charge is 2.06. The molecule has 0 spiro atoms. The predicted molar refractivity (Wildman–Crippen MR) is 93.2 cm³/mol. The Kier molecular flexibility index (Phi) is 4.39. The van der Waals surface area contributed by atoms with Gasteiger partial charge in [-0.15, -0.1) is 5.11 Å². The summed E-state index contributed by atoms with van der Waals surface area (Å²) < 4.78 is 2.17. The van der Waals surface area contributed by atoms with Gasteiger partial charge in [-0.05, 0) is 42.0 Å². The van der Waals surface area contributed by atoms with Crippen LogP contribution < -0.4 is 5.43 Å². The van der Waals surface area contributed by atoms with E-state index in [1.807, 2.05) is 54.7 Å². The van der Waals surface area contributed by atoms with E-state index in [0.29, 0.717) is 0 Å². The van der Waals surface area contributed by atoms with Crippen LogP contribution in [-0.2, 0) is 6.54 Å². The zero-order valence-electron chi connectivity index (χ0n) is 12.6. The standard InChI is InChI=1S/C17H16ClN5/c1-20-22-21-17(19)14-4-7-16-13(10-14)8-9-23(16)11-12-2-5-15(18)6-3-12/h2-10H,11H2,1H3,(H2,19,20,21). The van der Waals surface area contributed by atoms with Gasteiger partial charge in [-0.3, -0.25) is 10.8 Å². The quantitative estimate of drug-likeness (QED) is 0.320. The minimum absolute atomic E-state index is 0.131. The highest BCUT2D eigenvalue weighted by Crippen LogP contribution is 2.20. The fraction of sp³-hybridized carbons (Fsp3) is 0.118. The Morgan fingerprint density at radius 3 is 2.70 bits per heavy atom. The maximum atomic E-state index is 7.89. The van der Waals surface area contributed by atoms with Crippen LogP contribution in [0, 0.1) is 5.41 Å². The lowest BCUT2D eigenvalue weighted by molar-refractivity contribution is 0.828. The third-order valence-corrected chi connectivity index (χ3v) is 3.81. The molecule has 3 rings (SSSR count). The van der Waals surface area contributed by atoms with E-state index in [1.54, 1.807) is 7.05 Å². The lowest BCUT2D eigenvalue weighted by Crippen LogP contribution is -1.99. The zero-order chi connectivity index (χ0) is 16.2. The first-order valence-corrected chi connectivity index (χ1v) is 7.55. The van der Waals surface area contributed by atoms with E-state index in [-0.39, 0.29) is 5.84 Å². The minimum Gasteiger partial charge on any atom is -0.343 e. The van der Waals surface area contributed by atoms with Gasteiger partial charge in [0.2, 0.25) is 0 Å². The number of fused-ring (bicyclic) bond motifs is 1. The van der Waals surface area contributed by atoms with Gasteiger partial charge in [-0.1, -0.05) is 29.0 Å². The van der Waals surface area contributed by atoms with E-state index >= 15 is 0 Å². The first kappa shape index (κ1) is 15.2. The van der Waals surface area contributed by atoms with Crippen LogP contribution in [0.2, 0.25) is 5.02 Å². The summed E-state index contributed by atoms with van der Waals surface area (Å²) in [5.41, 5.74) is 5.58. The summed E-state index contributed by atoms with van der Waals surface area (Å²) in [5.74, 6) is 0.131. The fourth-order valence-electron chi connectivity index (χ4n) is 2.43. The first-order chi connectivity index (χ1) is 11.2. The molecule has 1 aromatic heterocycles. The van der Waals surface area contributed by atoms with Gasteiger partial charge >= 0.3 is 0 Å². The number of nitrogens with one attached hydrogen (secondary N) is 2. The summed E-state index contributed by atoms with van der Waals surface area (Å²) in [4.78, 5) is 0. The van der Waals surface area contributed by atoms with E-state index in [1.165, 1.54) is 5.56 Å². The van der Waals surface area contributed by atoms with Crippen LogP contribution in [0.1, 0.15) is 11.1 Å². The van der Waals surface area contributed by atoms with Gasteiger partial charge in [0, 0.05) is 41.3 Å². The van der Waals surface area contributed by atoms with Crippen molar-refractivity contribution < 1.29 is 0 Å². The van der Waals surface area contributed by atoms with Crippen LogP contribution in [-0.4, -0.2) is 17.5 Å². The second-order valence-corrected chi connectivity index (χ2v) is 5.55. The molecule has 0 atom stereocenters. The van der Waals surface area contributed by atoms with Crippen molar-refractivity contribution in [2.24, 2.45) is 10.3 Å².